The summed E-state index contributed by atoms with van der Waals surface area (Å²) in [4.78, 5) is 0. The molecule has 0 N–H and O–H groups in total. The second-order valence-electron chi connectivity index (χ2n) is 5.47. The Morgan fingerprint density at radius 3 is 2.13 bits per heavy atom. The van der Waals surface area contributed by atoms with Crippen molar-refractivity contribution in [2.45, 2.75) is 38.9 Å². The van der Waals surface area contributed by atoms with Gasteiger partial charge in [0.05, 0.1) is 0 Å². The van der Waals surface area contributed by atoms with Crippen LogP contribution in [0, 0.1) is 6.92 Å². The van der Waals surface area contributed by atoms with E-state index in [2.05, 4.69) is 40.8 Å². The quantitative estimate of drug-likeness (QED) is 0.678. The van der Waals surface area contributed by atoms with Gasteiger partial charge in [-0.25, -0.2) is 0 Å². The van der Waals surface area contributed by atoms with Crippen LogP contribution < -0.4 is 4.43 Å². The van der Waals surface area contributed by atoms with Gasteiger partial charge in [0, 0.05) is 0 Å². The Morgan fingerprint density at radius 2 is 1.67 bits per heavy atom. The van der Waals surface area contributed by atoms with Crippen LogP contribution in [0.3, 0.4) is 0 Å². The van der Waals surface area contributed by atoms with Crippen molar-refractivity contribution in [2.75, 3.05) is 0 Å². The van der Waals surface area contributed by atoms with Crippen molar-refractivity contribution in [1.29, 1.82) is 0 Å². The van der Waals surface area contributed by atoms with Gasteiger partial charge in [-0.05, 0) is 36.7 Å². The zero-order chi connectivity index (χ0) is 11.7. The van der Waals surface area contributed by atoms with E-state index in [1.165, 1.54) is 0 Å². The van der Waals surface area contributed by atoms with E-state index in [4.69, 9.17) is 4.43 Å². The van der Waals surface area contributed by atoms with Crippen LogP contribution in [-0.2, 0) is 0 Å². The maximum Gasteiger partial charge on any atom is 0.250 e. The van der Waals surface area contributed by atoms with E-state index in [0.717, 1.165) is 11.3 Å². The number of hydrogen-bond donors (Lipinski definition) is 0. The van der Waals surface area contributed by atoms with Crippen molar-refractivity contribution in [1.82, 2.24) is 0 Å². The van der Waals surface area contributed by atoms with Crippen molar-refractivity contribution in [3.05, 3.63) is 36.8 Å². The van der Waals surface area contributed by atoms with Gasteiger partial charge in [-0.15, -0.1) is 0 Å². The second-order valence-corrected chi connectivity index (χ2v) is 10.2. The van der Waals surface area contributed by atoms with Crippen molar-refractivity contribution in [3.63, 3.8) is 0 Å². The molecule has 0 spiro atoms. The van der Waals surface area contributed by atoms with Gasteiger partial charge in [0.1, 0.15) is 5.75 Å². The summed E-state index contributed by atoms with van der Waals surface area (Å²) >= 11 is 0. The van der Waals surface area contributed by atoms with Crippen molar-refractivity contribution < 1.29 is 4.43 Å². The molecule has 1 aromatic carbocycles. The molecule has 2 heteroatoms. The smallest absolute Gasteiger partial charge is 0.250 e. The molecule has 0 fully saturated rings. The summed E-state index contributed by atoms with van der Waals surface area (Å²) in [5.74, 6) is 0.934. The van der Waals surface area contributed by atoms with Crippen LogP contribution in [0.15, 0.2) is 24.3 Å². The first kappa shape index (κ1) is 12.3. The van der Waals surface area contributed by atoms with Crippen molar-refractivity contribution in [2.24, 2.45) is 0 Å². The van der Waals surface area contributed by atoms with E-state index in [0.29, 0.717) is 0 Å². The predicted octanol–water partition coefficient (Wildman–Crippen LogP) is 4.25. The SMILES string of the molecule is [CH2]c1ccccc1O[Si](C)(C)C(C)(C)C. The monoisotopic (exact) mass is 221 g/mol. The van der Waals surface area contributed by atoms with Gasteiger partial charge in [0.15, 0.2) is 0 Å². The molecule has 0 saturated carbocycles. The Labute approximate surface area is 94.6 Å². The zero-order valence-corrected chi connectivity index (χ0v) is 11.4. The fourth-order valence-corrected chi connectivity index (χ4v) is 2.09. The third-order valence-corrected chi connectivity index (χ3v) is 7.49. The molecule has 0 heterocycles. The molecule has 0 amide bonds. The van der Waals surface area contributed by atoms with Crippen LogP contribution >= 0.6 is 0 Å². The lowest BCUT2D eigenvalue weighted by Crippen LogP contribution is -2.44. The maximum absolute atomic E-state index is 6.17. The molecule has 1 radical (unpaired) electrons. The summed E-state index contributed by atoms with van der Waals surface area (Å²) in [6, 6.07) is 7.98. The standard InChI is InChI=1S/C13H21OSi/c1-11-9-7-8-10-12(11)14-15(5,6)13(2,3)4/h7-10H,1H2,2-6H3. The molecule has 83 valence electrons. The van der Waals surface area contributed by atoms with Crippen LogP contribution in [0.5, 0.6) is 5.75 Å². The summed E-state index contributed by atoms with van der Waals surface area (Å²) in [6.45, 7) is 15.2. The highest BCUT2D eigenvalue weighted by Gasteiger charge is 2.39. The summed E-state index contributed by atoms with van der Waals surface area (Å²) in [7, 11) is -1.72. The Balaban J connectivity index is 2.92. The minimum absolute atomic E-state index is 0.231. The molecule has 0 atom stereocenters. The average Bonchev–Trinajstić information content (AvgIpc) is 2.06. The molecule has 0 aliphatic carbocycles. The molecule has 0 aliphatic rings. The molecule has 0 aromatic heterocycles. The summed E-state index contributed by atoms with van der Waals surface area (Å²) < 4.78 is 6.17. The first-order chi connectivity index (χ1) is 6.74. The van der Waals surface area contributed by atoms with Gasteiger partial charge in [0.25, 0.3) is 0 Å². The van der Waals surface area contributed by atoms with Gasteiger partial charge in [-0.2, -0.15) is 0 Å². The van der Waals surface area contributed by atoms with Gasteiger partial charge in [-0.1, -0.05) is 39.0 Å². The number of rotatable bonds is 2. The largest absolute Gasteiger partial charge is 0.543 e. The van der Waals surface area contributed by atoms with E-state index in [1.807, 2.05) is 24.3 Å². The summed E-state index contributed by atoms with van der Waals surface area (Å²) in [5, 5.41) is 0.231. The summed E-state index contributed by atoms with van der Waals surface area (Å²) in [6.07, 6.45) is 0. The average molecular weight is 221 g/mol. The second kappa shape index (κ2) is 4.01. The molecule has 1 rings (SSSR count). The molecule has 0 saturated heterocycles. The topological polar surface area (TPSA) is 9.23 Å². The third kappa shape index (κ3) is 2.85. The molecule has 0 aliphatic heterocycles. The van der Waals surface area contributed by atoms with Gasteiger partial charge in [0.2, 0.25) is 8.32 Å². The first-order valence-corrected chi connectivity index (χ1v) is 8.25. The molecule has 15 heavy (non-hydrogen) atoms. The van der Waals surface area contributed by atoms with E-state index < -0.39 is 8.32 Å². The lowest BCUT2D eigenvalue weighted by molar-refractivity contribution is 0.490. The van der Waals surface area contributed by atoms with Gasteiger partial charge in [-0.3, -0.25) is 0 Å². The highest BCUT2D eigenvalue weighted by atomic mass is 28.4. The Hall–Kier alpha value is -0.763. The molecular weight excluding hydrogens is 200 g/mol. The highest BCUT2D eigenvalue weighted by Crippen LogP contribution is 2.37. The highest BCUT2D eigenvalue weighted by molar-refractivity contribution is 6.74. The Morgan fingerprint density at radius 1 is 1.13 bits per heavy atom. The first-order valence-electron chi connectivity index (χ1n) is 5.34. The van der Waals surface area contributed by atoms with E-state index in [1.54, 1.807) is 0 Å². The molecule has 0 bridgehead atoms. The Bertz CT molecular complexity index is 337. The van der Waals surface area contributed by atoms with Crippen LogP contribution in [0.1, 0.15) is 26.3 Å². The van der Waals surface area contributed by atoms with Gasteiger partial charge >= 0.3 is 0 Å². The fraction of sp³-hybridized carbons (Fsp3) is 0.462. The zero-order valence-electron chi connectivity index (χ0n) is 10.4. The maximum atomic E-state index is 6.17. The number of benzene rings is 1. The minimum atomic E-state index is -1.72. The van der Waals surface area contributed by atoms with Crippen LogP contribution in [-0.4, -0.2) is 8.32 Å². The predicted molar refractivity (Wildman–Crippen MR) is 68.7 cm³/mol. The van der Waals surface area contributed by atoms with Crippen molar-refractivity contribution in [3.8, 4) is 5.75 Å². The minimum Gasteiger partial charge on any atom is -0.543 e. The lowest BCUT2D eigenvalue weighted by Gasteiger charge is -2.36. The van der Waals surface area contributed by atoms with E-state index in [-0.39, 0.29) is 5.04 Å². The number of hydrogen-bond acceptors (Lipinski definition) is 1. The van der Waals surface area contributed by atoms with Gasteiger partial charge < -0.3 is 4.43 Å². The van der Waals surface area contributed by atoms with E-state index in [9.17, 15) is 0 Å². The Kier molecular flexibility index (Phi) is 3.29. The summed E-state index contributed by atoms with van der Waals surface area (Å²) in [5.41, 5.74) is 0.974. The van der Waals surface area contributed by atoms with Crippen LogP contribution in [0.2, 0.25) is 18.1 Å². The van der Waals surface area contributed by atoms with Crippen LogP contribution in [0.4, 0.5) is 0 Å². The van der Waals surface area contributed by atoms with Crippen LogP contribution in [0.25, 0.3) is 0 Å². The molecule has 1 aromatic rings. The molecule has 1 nitrogen and oxygen atoms in total. The third-order valence-electron chi connectivity index (χ3n) is 3.14. The molecular formula is C13H21OSi. The fourth-order valence-electron chi connectivity index (χ4n) is 1.03. The number of para-hydroxylation sites is 1. The van der Waals surface area contributed by atoms with E-state index >= 15 is 0 Å². The lowest BCUT2D eigenvalue weighted by atomic mass is 10.2. The molecule has 0 unspecified atom stereocenters. The normalized spacial score (nSPS) is 12.7. The van der Waals surface area contributed by atoms with Crippen molar-refractivity contribution >= 4 is 8.32 Å².